The third kappa shape index (κ3) is 7.49. The number of aliphatic carboxylic acids is 1. The van der Waals surface area contributed by atoms with Gasteiger partial charge in [-0.25, -0.2) is 0 Å². The molecule has 37 heavy (non-hydrogen) atoms. The lowest BCUT2D eigenvalue weighted by molar-refractivity contribution is -0.137. The number of ether oxygens (including phenoxy) is 2. The first-order chi connectivity index (χ1) is 18.0. The molecule has 2 aromatic carbocycles. The number of benzene rings is 2. The van der Waals surface area contributed by atoms with Crippen LogP contribution in [0, 0.1) is 22.7 Å². The van der Waals surface area contributed by atoms with Gasteiger partial charge in [-0.05, 0) is 74.6 Å². The third-order valence-corrected chi connectivity index (χ3v) is 6.02. The van der Waals surface area contributed by atoms with Crippen LogP contribution in [0.3, 0.4) is 0 Å². The van der Waals surface area contributed by atoms with Gasteiger partial charge in [-0.1, -0.05) is 24.3 Å². The van der Waals surface area contributed by atoms with Crippen molar-refractivity contribution in [1.82, 2.24) is 0 Å². The molecule has 7 nitrogen and oxygen atoms in total. The quantitative estimate of drug-likeness (QED) is 0.269. The molecule has 190 valence electrons. The predicted molar refractivity (Wildman–Crippen MR) is 144 cm³/mol. The Balaban J connectivity index is 1.76. The average molecular weight is 498 g/mol. The predicted octanol–water partition coefficient (Wildman–Crippen LogP) is 6.35. The van der Waals surface area contributed by atoms with Gasteiger partial charge < -0.3 is 19.5 Å². The van der Waals surface area contributed by atoms with Crippen molar-refractivity contribution in [2.24, 2.45) is 0 Å². The summed E-state index contributed by atoms with van der Waals surface area (Å²) in [5.41, 5.74) is 3.63. The highest BCUT2D eigenvalue weighted by Crippen LogP contribution is 2.38. The number of fused-ring (bicyclic) bond motifs is 1. The van der Waals surface area contributed by atoms with Crippen LogP contribution in [0.25, 0.3) is 11.6 Å². The lowest BCUT2D eigenvalue weighted by Crippen LogP contribution is -2.22. The first-order valence-corrected chi connectivity index (χ1v) is 12.4. The Bertz CT molecular complexity index is 1260. The number of allylic oxidation sites excluding steroid dienone is 4. The number of carboxylic acid groups (broad SMARTS) is 1. The monoisotopic (exact) mass is 497 g/mol. The maximum Gasteiger partial charge on any atom is 0.303 e. The van der Waals surface area contributed by atoms with Crippen molar-refractivity contribution in [2.45, 2.75) is 39.5 Å². The van der Waals surface area contributed by atoms with Crippen LogP contribution in [0.2, 0.25) is 0 Å². The van der Waals surface area contributed by atoms with E-state index in [4.69, 9.17) is 14.6 Å². The minimum absolute atomic E-state index is 0.0748. The van der Waals surface area contributed by atoms with E-state index in [1.165, 1.54) is 0 Å². The Hall–Kier alpha value is -4.49. The van der Waals surface area contributed by atoms with Gasteiger partial charge in [0.05, 0.1) is 6.61 Å². The molecule has 1 N–H and O–H groups in total. The zero-order valence-corrected chi connectivity index (χ0v) is 21.2. The Morgan fingerprint density at radius 3 is 2.41 bits per heavy atom. The van der Waals surface area contributed by atoms with Gasteiger partial charge in [0, 0.05) is 36.8 Å². The summed E-state index contributed by atoms with van der Waals surface area (Å²) < 4.78 is 11.7. The standard InChI is InChI=1S/C30H31N3O4/c1-3-33(4-2)25-13-16-27-23(18-28(24(20-31)21-32)37-29(27)19-25)12-9-22-10-14-26(15-11-22)36-17-7-5-6-8-30(34)35/h9-16,18-19H,3-8,17H2,1-2H3,(H,34,35). The van der Waals surface area contributed by atoms with Crippen LogP contribution in [-0.4, -0.2) is 30.8 Å². The van der Waals surface area contributed by atoms with Gasteiger partial charge >= 0.3 is 5.97 Å². The summed E-state index contributed by atoms with van der Waals surface area (Å²) in [6, 6.07) is 17.5. The molecule has 0 unspecified atom stereocenters. The molecule has 0 bridgehead atoms. The fraction of sp³-hybridized carbons (Fsp3) is 0.300. The molecule has 0 spiro atoms. The second-order valence-electron chi connectivity index (χ2n) is 8.47. The molecule has 0 atom stereocenters. The number of hydrogen-bond acceptors (Lipinski definition) is 6. The Kier molecular flexibility index (Phi) is 9.93. The van der Waals surface area contributed by atoms with E-state index in [1.807, 2.05) is 60.7 Å². The molecule has 2 aromatic rings. The van der Waals surface area contributed by atoms with Gasteiger partial charge in [-0.15, -0.1) is 0 Å². The van der Waals surface area contributed by atoms with E-state index in [0.717, 1.165) is 54.1 Å². The second kappa shape index (κ2) is 13.6. The number of carbonyl (C=O) groups is 1. The van der Waals surface area contributed by atoms with Gasteiger partial charge in [0.2, 0.25) is 0 Å². The van der Waals surface area contributed by atoms with Crippen molar-refractivity contribution in [3.8, 4) is 23.6 Å². The zero-order valence-electron chi connectivity index (χ0n) is 21.2. The number of nitrogens with zero attached hydrogens (tertiary/aromatic N) is 3. The van der Waals surface area contributed by atoms with E-state index < -0.39 is 5.97 Å². The molecule has 0 radical (unpaired) electrons. The lowest BCUT2D eigenvalue weighted by atomic mass is 9.98. The molecule has 0 aliphatic carbocycles. The van der Waals surface area contributed by atoms with Crippen molar-refractivity contribution in [3.63, 3.8) is 0 Å². The van der Waals surface area contributed by atoms with E-state index in [9.17, 15) is 15.3 Å². The highest BCUT2D eigenvalue weighted by atomic mass is 16.5. The van der Waals surface area contributed by atoms with E-state index in [0.29, 0.717) is 18.8 Å². The zero-order chi connectivity index (χ0) is 26.6. The third-order valence-electron chi connectivity index (χ3n) is 6.02. The summed E-state index contributed by atoms with van der Waals surface area (Å²) in [4.78, 5) is 12.8. The number of carboxylic acids is 1. The summed E-state index contributed by atoms with van der Waals surface area (Å²) in [5.74, 6) is 0.835. The van der Waals surface area contributed by atoms with Crippen molar-refractivity contribution in [2.75, 3.05) is 24.6 Å². The second-order valence-corrected chi connectivity index (χ2v) is 8.47. The minimum Gasteiger partial charge on any atom is -0.494 e. The molecule has 1 aliphatic heterocycles. The van der Waals surface area contributed by atoms with Crippen molar-refractivity contribution >= 4 is 23.3 Å². The van der Waals surface area contributed by atoms with Crippen LogP contribution in [0.5, 0.6) is 11.5 Å². The number of anilines is 1. The number of unbranched alkanes of at least 4 members (excludes halogenated alkanes) is 2. The van der Waals surface area contributed by atoms with E-state index >= 15 is 0 Å². The normalized spacial score (nSPS) is 12.1. The lowest BCUT2D eigenvalue weighted by Gasteiger charge is -2.25. The molecule has 0 amide bonds. The highest BCUT2D eigenvalue weighted by Gasteiger charge is 2.20. The average Bonchev–Trinajstić information content (AvgIpc) is 2.91. The van der Waals surface area contributed by atoms with E-state index in [-0.39, 0.29) is 17.8 Å². The smallest absolute Gasteiger partial charge is 0.303 e. The number of nitriles is 2. The minimum atomic E-state index is -0.767. The molecule has 7 heteroatoms. The van der Waals surface area contributed by atoms with Crippen LogP contribution in [0.4, 0.5) is 5.69 Å². The van der Waals surface area contributed by atoms with Crippen LogP contribution < -0.4 is 14.4 Å². The SMILES string of the molecule is CCN(CC)c1ccc2c(c1)OC(=C(C#N)C#N)C=C2C=Cc1ccc(OCCCCCC(=O)O)cc1. The van der Waals surface area contributed by atoms with E-state index in [1.54, 1.807) is 6.08 Å². The van der Waals surface area contributed by atoms with Crippen LogP contribution in [0.15, 0.2) is 65.9 Å². The summed E-state index contributed by atoms with van der Waals surface area (Å²) in [6.07, 6.45) is 8.11. The molecule has 1 aliphatic rings. The molecule has 0 aromatic heterocycles. The first kappa shape index (κ1) is 27.1. The maximum absolute atomic E-state index is 10.6. The van der Waals surface area contributed by atoms with Gasteiger partial charge in [-0.3, -0.25) is 4.79 Å². The molecular formula is C30H31N3O4. The van der Waals surface area contributed by atoms with Gasteiger partial charge in [0.15, 0.2) is 11.3 Å². The maximum atomic E-state index is 10.6. The molecule has 0 saturated heterocycles. The molecule has 1 heterocycles. The summed E-state index contributed by atoms with van der Waals surface area (Å²) in [6.45, 7) is 6.43. The summed E-state index contributed by atoms with van der Waals surface area (Å²) in [5, 5.41) is 27.5. The van der Waals surface area contributed by atoms with Crippen molar-refractivity contribution in [3.05, 3.63) is 77.1 Å². The van der Waals surface area contributed by atoms with Gasteiger partial charge in [0.1, 0.15) is 23.6 Å². The highest BCUT2D eigenvalue weighted by molar-refractivity contribution is 5.86. The van der Waals surface area contributed by atoms with Crippen molar-refractivity contribution in [1.29, 1.82) is 10.5 Å². The van der Waals surface area contributed by atoms with Crippen LogP contribution in [0.1, 0.15) is 50.7 Å². The van der Waals surface area contributed by atoms with Crippen LogP contribution >= 0.6 is 0 Å². The van der Waals surface area contributed by atoms with Crippen LogP contribution in [-0.2, 0) is 4.79 Å². The van der Waals surface area contributed by atoms with E-state index in [2.05, 4.69) is 24.8 Å². The molecule has 3 rings (SSSR count). The summed E-state index contributed by atoms with van der Waals surface area (Å²) >= 11 is 0. The fourth-order valence-electron chi connectivity index (χ4n) is 3.99. The molecule has 0 saturated carbocycles. The topological polar surface area (TPSA) is 107 Å². The number of hydrogen-bond donors (Lipinski definition) is 1. The largest absolute Gasteiger partial charge is 0.494 e. The summed E-state index contributed by atoms with van der Waals surface area (Å²) in [7, 11) is 0. The Morgan fingerprint density at radius 2 is 1.76 bits per heavy atom. The first-order valence-electron chi connectivity index (χ1n) is 12.4. The molecule has 0 fully saturated rings. The van der Waals surface area contributed by atoms with Gasteiger partial charge in [0.25, 0.3) is 0 Å². The van der Waals surface area contributed by atoms with Gasteiger partial charge in [-0.2, -0.15) is 10.5 Å². The fourth-order valence-corrected chi connectivity index (χ4v) is 3.99. The number of rotatable bonds is 12. The Morgan fingerprint density at radius 1 is 1.03 bits per heavy atom. The Labute approximate surface area is 218 Å². The molecular weight excluding hydrogens is 466 g/mol. The van der Waals surface area contributed by atoms with Crippen molar-refractivity contribution < 1.29 is 19.4 Å².